The molecule has 2 aromatic carbocycles. The highest BCUT2D eigenvalue weighted by Crippen LogP contribution is 2.36. The van der Waals surface area contributed by atoms with Gasteiger partial charge in [0.25, 0.3) is 11.1 Å². The molecule has 1 aliphatic heterocycles. The number of thioether (sulfide) groups is 1. The Hall–Kier alpha value is -2.80. The topological polar surface area (TPSA) is 66.9 Å². The van der Waals surface area contributed by atoms with Gasteiger partial charge in [-0.15, -0.1) is 0 Å². The molecule has 1 heterocycles. The largest absolute Gasteiger partial charge is 0.494 e. The summed E-state index contributed by atoms with van der Waals surface area (Å²) >= 11 is 0.838. The van der Waals surface area contributed by atoms with Gasteiger partial charge >= 0.3 is 0 Å². The normalized spacial score (nSPS) is 16.6. The van der Waals surface area contributed by atoms with E-state index in [0.29, 0.717) is 23.7 Å². The molecule has 0 unspecified atom stereocenters. The number of rotatable bonds is 5. The Morgan fingerprint density at radius 2 is 1.74 bits per heavy atom. The summed E-state index contributed by atoms with van der Waals surface area (Å²) in [6, 6.07) is 14.0. The second kappa shape index (κ2) is 7.84. The van der Waals surface area contributed by atoms with Crippen LogP contribution in [0.2, 0.25) is 0 Å². The van der Waals surface area contributed by atoms with E-state index < -0.39 is 16.5 Å². The molecule has 1 fully saturated rings. The summed E-state index contributed by atoms with van der Waals surface area (Å²) in [4.78, 5) is 40.2. The second-order valence-electron chi connectivity index (χ2n) is 6.06. The third-order valence-corrected chi connectivity index (χ3v) is 5.14. The average molecular weight is 384 g/mol. The minimum atomic E-state index is -0.936. The fourth-order valence-corrected chi connectivity index (χ4v) is 3.91. The Kier molecular flexibility index (Phi) is 5.51. The first-order chi connectivity index (χ1) is 12.9. The van der Waals surface area contributed by atoms with Crippen molar-refractivity contribution in [1.29, 1.82) is 0 Å². The lowest BCUT2D eigenvalue weighted by Gasteiger charge is -2.25. The number of carbonyl (C=O) groups excluding carboxylic acids is 3. The number of ether oxygens (including phenoxy) is 1. The molecule has 3 amide bonds. The number of benzene rings is 2. The van der Waals surface area contributed by atoms with Crippen molar-refractivity contribution in [3.63, 3.8) is 0 Å². The van der Waals surface area contributed by atoms with E-state index in [9.17, 15) is 14.4 Å². The first-order valence-electron chi connectivity index (χ1n) is 8.56. The molecule has 1 atom stereocenters. The van der Waals surface area contributed by atoms with Crippen LogP contribution in [0.25, 0.3) is 0 Å². The van der Waals surface area contributed by atoms with Gasteiger partial charge in [-0.05, 0) is 62.0 Å². The van der Waals surface area contributed by atoms with Crippen LogP contribution in [0, 0.1) is 6.92 Å². The summed E-state index contributed by atoms with van der Waals surface area (Å²) in [7, 11) is 0. The molecule has 140 valence electrons. The molecule has 7 heteroatoms. The van der Waals surface area contributed by atoms with E-state index in [0.717, 1.165) is 22.2 Å². The van der Waals surface area contributed by atoms with Crippen LogP contribution in [0.3, 0.4) is 0 Å². The maximum absolute atomic E-state index is 13.0. The summed E-state index contributed by atoms with van der Waals surface area (Å²) in [6.07, 6.45) is 0. The van der Waals surface area contributed by atoms with Crippen molar-refractivity contribution in [3.05, 3.63) is 54.1 Å². The van der Waals surface area contributed by atoms with Gasteiger partial charge in [-0.2, -0.15) is 0 Å². The van der Waals surface area contributed by atoms with E-state index in [4.69, 9.17) is 4.74 Å². The van der Waals surface area contributed by atoms with E-state index >= 15 is 0 Å². The number of anilines is 2. The van der Waals surface area contributed by atoms with Crippen LogP contribution in [0.15, 0.2) is 48.5 Å². The Morgan fingerprint density at radius 1 is 1.11 bits per heavy atom. The summed E-state index contributed by atoms with van der Waals surface area (Å²) in [5, 5.41) is -1.33. The first-order valence-corrected chi connectivity index (χ1v) is 9.44. The van der Waals surface area contributed by atoms with Gasteiger partial charge in [0.1, 0.15) is 5.75 Å². The maximum atomic E-state index is 13.0. The van der Waals surface area contributed by atoms with Crippen LogP contribution >= 0.6 is 11.8 Å². The fraction of sp³-hybridized carbons (Fsp3) is 0.250. The van der Waals surface area contributed by atoms with Gasteiger partial charge in [0.15, 0.2) is 5.37 Å². The van der Waals surface area contributed by atoms with Crippen molar-refractivity contribution < 1.29 is 19.1 Å². The van der Waals surface area contributed by atoms with Crippen molar-refractivity contribution in [2.75, 3.05) is 16.4 Å². The van der Waals surface area contributed by atoms with Crippen LogP contribution in [0.1, 0.15) is 19.4 Å². The van der Waals surface area contributed by atoms with E-state index in [1.807, 2.05) is 26.0 Å². The molecule has 27 heavy (non-hydrogen) atoms. The molecule has 1 saturated heterocycles. The molecular weight excluding hydrogens is 364 g/mol. The number of amides is 3. The zero-order valence-corrected chi connectivity index (χ0v) is 16.2. The number of hydrogen-bond donors (Lipinski definition) is 0. The average Bonchev–Trinajstić information content (AvgIpc) is 2.92. The Balaban J connectivity index is 1.90. The minimum absolute atomic E-state index is 0.316. The summed E-state index contributed by atoms with van der Waals surface area (Å²) < 4.78 is 5.41. The fourth-order valence-electron chi connectivity index (χ4n) is 2.84. The summed E-state index contributed by atoms with van der Waals surface area (Å²) in [5.74, 6) is -0.0750. The lowest BCUT2D eigenvalue weighted by atomic mass is 10.2. The van der Waals surface area contributed by atoms with E-state index in [1.54, 1.807) is 36.4 Å². The minimum Gasteiger partial charge on any atom is -0.494 e. The molecule has 0 aliphatic carbocycles. The van der Waals surface area contributed by atoms with E-state index in [2.05, 4.69) is 0 Å². The predicted molar refractivity (Wildman–Crippen MR) is 106 cm³/mol. The van der Waals surface area contributed by atoms with E-state index in [-0.39, 0.29) is 5.91 Å². The molecule has 0 N–H and O–H groups in total. The lowest BCUT2D eigenvalue weighted by molar-refractivity contribution is -0.121. The third kappa shape index (κ3) is 3.83. The highest BCUT2D eigenvalue weighted by atomic mass is 32.2. The molecule has 3 rings (SSSR count). The quantitative estimate of drug-likeness (QED) is 0.780. The number of imide groups is 1. The maximum Gasteiger partial charge on any atom is 0.295 e. The monoisotopic (exact) mass is 384 g/mol. The van der Waals surface area contributed by atoms with Gasteiger partial charge in [0.2, 0.25) is 5.91 Å². The zero-order chi connectivity index (χ0) is 19.6. The molecule has 0 spiro atoms. The SMILES string of the molecule is CCOc1ccc(N(C(C)=O)[C@@H]2SC(=O)N(c3ccc(C)cc3)C2=O)cc1. The number of nitrogens with zero attached hydrogens (tertiary/aromatic N) is 2. The van der Waals surface area contributed by atoms with Crippen LogP contribution in [-0.4, -0.2) is 29.0 Å². The van der Waals surface area contributed by atoms with E-state index in [1.165, 1.54) is 11.8 Å². The van der Waals surface area contributed by atoms with Crippen molar-refractivity contribution in [1.82, 2.24) is 0 Å². The number of hydrogen-bond acceptors (Lipinski definition) is 5. The summed E-state index contributed by atoms with van der Waals surface area (Å²) in [5.41, 5.74) is 2.07. The number of carbonyl (C=O) groups is 3. The molecule has 1 aliphatic rings. The Labute approximate surface area is 162 Å². The molecule has 0 radical (unpaired) electrons. The lowest BCUT2D eigenvalue weighted by Crippen LogP contribution is -2.44. The highest BCUT2D eigenvalue weighted by Gasteiger charge is 2.45. The Bertz CT molecular complexity index is 865. The first kappa shape index (κ1) is 19.0. The van der Waals surface area contributed by atoms with Gasteiger partial charge in [-0.25, -0.2) is 4.90 Å². The molecule has 2 aromatic rings. The standard InChI is InChI=1S/C20H20N2O4S/c1-4-26-17-11-9-15(10-12-17)21(14(3)23)19-18(24)22(20(25)27-19)16-7-5-13(2)6-8-16/h5-12,19H,4H2,1-3H3/t19-/m1/s1. The third-order valence-electron chi connectivity index (χ3n) is 4.12. The highest BCUT2D eigenvalue weighted by molar-refractivity contribution is 8.16. The second-order valence-corrected chi connectivity index (χ2v) is 7.09. The number of aryl methyl sites for hydroxylation is 1. The smallest absolute Gasteiger partial charge is 0.295 e. The molecule has 0 bridgehead atoms. The van der Waals surface area contributed by atoms with Crippen LogP contribution < -0.4 is 14.5 Å². The predicted octanol–water partition coefficient (Wildman–Crippen LogP) is 3.97. The van der Waals surface area contributed by atoms with Gasteiger partial charge < -0.3 is 4.74 Å². The Morgan fingerprint density at radius 3 is 2.30 bits per heavy atom. The van der Waals surface area contributed by atoms with Gasteiger partial charge in [0.05, 0.1) is 12.3 Å². The van der Waals surface area contributed by atoms with Gasteiger partial charge in [-0.1, -0.05) is 17.7 Å². The van der Waals surface area contributed by atoms with Crippen molar-refractivity contribution in [3.8, 4) is 5.75 Å². The van der Waals surface area contributed by atoms with Gasteiger partial charge in [0, 0.05) is 12.6 Å². The van der Waals surface area contributed by atoms with Crippen molar-refractivity contribution in [2.24, 2.45) is 0 Å². The molecule has 0 saturated carbocycles. The molecular formula is C20H20N2O4S. The molecule has 0 aromatic heterocycles. The summed E-state index contributed by atoms with van der Waals surface area (Å²) in [6.45, 7) is 5.73. The van der Waals surface area contributed by atoms with Crippen LogP contribution in [0.5, 0.6) is 5.75 Å². The van der Waals surface area contributed by atoms with Gasteiger partial charge in [-0.3, -0.25) is 19.3 Å². The molecule has 6 nitrogen and oxygen atoms in total. The van der Waals surface area contributed by atoms with Crippen LogP contribution in [-0.2, 0) is 9.59 Å². The zero-order valence-electron chi connectivity index (χ0n) is 15.3. The van der Waals surface area contributed by atoms with Crippen molar-refractivity contribution >= 4 is 40.2 Å². The van der Waals surface area contributed by atoms with Crippen molar-refractivity contribution in [2.45, 2.75) is 26.1 Å². The van der Waals surface area contributed by atoms with Crippen LogP contribution in [0.4, 0.5) is 16.2 Å².